The van der Waals surface area contributed by atoms with E-state index >= 15 is 0 Å². The summed E-state index contributed by atoms with van der Waals surface area (Å²) in [6.07, 6.45) is 5.18. The smallest absolute Gasteiger partial charge is 0.126 e. The summed E-state index contributed by atoms with van der Waals surface area (Å²) in [4.78, 5) is 20.1. The molecule has 1 heterocycles. The molecule has 5 atom stereocenters. The highest BCUT2D eigenvalue weighted by atomic mass is 35.5. The maximum absolute atomic E-state index is 12.1. The summed E-state index contributed by atoms with van der Waals surface area (Å²) in [5.74, 6) is -0.411. The average Bonchev–Trinajstić information content (AvgIpc) is 3.48. The minimum Gasteiger partial charge on any atom is -0.328 e. The van der Waals surface area contributed by atoms with Crippen molar-refractivity contribution in [3.05, 3.63) is 68.7 Å². The molecule has 2 fully saturated rings. The van der Waals surface area contributed by atoms with Crippen LogP contribution in [-0.2, 0) is 15.1 Å². The van der Waals surface area contributed by atoms with Gasteiger partial charge in [0.15, 0.2) is 0 Å². The van der Waals surface area contributed by atoms with E-state index in [9.17, 15) is 4.79 Å². The molecule has 1 saturated heterocycles. The van der Waals surface area contributed by atoms with Crippen molar-refractivity contribution in [3.63, 3.8) is 0 Å². The van der Waals surface area contributed by atoms with Gasteiger partial charge in [-0.2, -0.15) is 0 Å². The Labute approximate surface area is 237 Å². The molecule has 37 heavy (non-hydrogen) atoms. The van der Waals surface area contributed by atoms with Crippen molar-refractivity contribution in [2.45, 2.75) is 70.9 Å². The maximum Gasteiger partial charge on any atom is 0.126 e. The lowest BCUT2D eigenvalue weighted by molar-refractivity contribution is -0.124. The molecule has 1 aliphatic carbocycles. The van der Waals surface area contributed by atoms with Crippen LogP contribution in [0.1, 0.15) is 70.4 Å². The van der Waals surface area contributed by atoms with Crippen molar-refractivity contribution < 1.29 is 9.59 Å². The molecule has 1 aliphatic heterocycles. The van der Waals surface area contributed by atoms with E-state index in [-0.39, 0.29) is 17.9 Å². The van der Waals surface area contributed by atoms with Gasteiger partial charge in [-0.05, 0) is 81.1 Å². The molecule has 0 spiro atoms. The SMILES string of the molecule is C1CCNC1.C=O.CC.CC(N)C1C(C)(C=O)CCC(c2ccc(Cl)cc2Cl)C1(N)c1ccc(Cl)cc1. The molecule has 0 aromatic heterocycles. The Morgan fingerprint density at radius 1 is 1.03 bits per heavy atom. The van der Waals surface area contributed by atoms with E-state index in [0.717, 1.165) is 17.4 Å². The fourth-order valence-electron chi connectivity index (χ4n) is 5.72. The van der Waals surface area contributed by atoms with E-state index < -0.39 is 11.0 Å². The Kier molecular flexibility index (Phi) is 14.4. The number of hydrogen-bond donors (Lipinski definition) is 3. The first-order chi connectivity index (χ1) is 17.6. The molecule has 5 unspecified atom stereocenters. The highest BCUT2D eigenvalue weighted by Gasteiger charge is 2.57. The van der Waals surface area contributed by atoms with Gasteiger partial charge >= 0.3 is 0 Å². The maximum atomic E-state index is 12.1. The van der Waals surface area contributed by atoms with E-state index in [0.29, 0.717) is 27.9 Å². The second-order valence-corrected chi connectivity index (χ2v) is 10.9. The Hall–Kier alpha value is -1.47. The van der Waals surface area contributed by atoms with E-state index in [1.165, 1.54) is 25.9 Å². The number of carbonyl (C=O) groups excluding carboxylic acids is 2. The van der Waals surface area contributed by atoms with Crippen molar-refractivity contribution in [2.75, 3.05) is 13.1 Å². The third-order valence-electron chi connectivity index (χ3n) is 7.21. The van der Waals surface area contributed by atoms with Gasteiger partial charge in [-0.1, -0.05) is 73.8 Å². The van der Waals surface area contributed by atoms with Crippen LogP contribution in [0.25, 0.3) is 0 Å². The second kappa shape index (κ2) is 15.8. The molecule has 206 valence electrons. The molecule has 2 aliphatic rings. The van der Waals surface area contributed by atoms with Crippen LogP contribution < -0.4 is 16.8 Å². The molecule has 1 saturated carbocycles. The summed E-state index contributed by atoms with van der Waals surface area (Å²) in [5, 5.41) is 4.99. The van der Waals surface area contributed by atoms with Gasteiger partial charge in [-0.3, -0.25) is 0 Å². The van der Waals surface area contributed by atoms with Crippen molar-refractivity contribution in [1.82, 2.24) is 5.32 Å². The number of nitrogens with one attached hydrogen (secondary N) is 1. The van der Waals surface area contributed by atoms with Gasteiger partial charge < -0.3 is 26.4 Å². The number of hydrogen-bond acceptors (Lipinski definition) is 5. The fraction of sp³-hybridized carbons (Fsp3) is 0.517. The molecule has 8 heteroatoms. The Bertz CT molecular complexity index is 962. The first-order valence-electron chi connectivity index (χ1n) is 12.8. The number of rotatable bonds is 4. The van der Waals surface area contributed by atoms with Crippen LogP contribution in [0.4, 0.5) is 0 Å². The molecule has 4 rings (SSSR count). The summed E-state index contributed by atoms with van der Waals surface area (Å²) in [6, 6.07) is 12.7. The van der Waals surface area contributed by atoms with Crippen LogP contribution in [-0.4, -0.2) is 32.2 Å². The number of nitrogens with two attached hydrogens (primary N) is 2. The first-order valence-corrected chi connectivity index (χ1v) is 14.0. The predicted octanol–water partition coefficient (Wildman–Crippen LogP) is 6.76. The van der Waals surface area contributed by atoms with E-state index in [1.54, 1.807) is 6.07 Å². The second-order valence-electron chi connectivity index (χ2n) is 9.61. The van der Waals surface area contributed by atoms with Crippen molar-refractivity contribution in [3.8, 4) is 0 Å². The molecule has 2 aromatic carbocycles. The van der Waals surface area contributed by atoms with Gasteiger partial charge in [0.1, 0.15) is 13.1 Å². The topological polar surface area (TPSA) is 98.2 Å². The van der Waals surface area contributed by atoms with Gasteiger partial charge in [-0.15, -0.1) is 0 Å². The largest absolute Gasteiger partial charge is 0.328 e. The lowest BCUT2D eigenvalue weighted by atomic mass is 9.51. The zero-order chi connectivity index (χ0) is 28.2. The summed E-state index contributed by atoms with van der Waals surface area (Å²) >= 11 is 18.8. The quantitative estimate of drug-likeness (QED) is 0.353. The molecule has 0 amide bonds. The van der Waals surface area contributed by atoms with E-state index in [4.69, 9.17) is 51.1 Å². The Balaban J connectivity index is 0.000000656. The van der Waals surface area contributed by atoms with Gasteiger partial charge in [0.25, 0.3) is 0 Å². The summed E-state index contributed by atoms with van der Waals surface area (Å²) in [7, 11) is 0. The van der Waals surface area contributed by atoms with E-state index in [1.807, 2.05) is 70.9 Å². The number of halogens is 3. The fourth-order valence-corrected chi connectivity index (χ4v) is 6.39. The summed E-state index contributed by atoms with van der Waals surface area (Å²) in [5.41, 5.74) is 14.0. The minimum absolute atomic E-state index is 0.123. The zero-order valence-electron chi connectivity index (χ0n) is 22.4. The third kappa shape index (κ3) is 8.01. The highest BCUT2D eigenvalue weighted by molar-refractivity contribution is 6.35. The average molecular weight is 571 g/mol. The number of aldehydes is 1. The van der Waals surface area contributed by atoms with Crippen LogP contribution >= 0.6 is 34.8 Å². The summed E-state index contributed by atoms with van der Waals surface area (Å²) in [6.45, 7) is 12.4. The normalized spacial score (nSPS) is 27.3. The molecule has 5 nitrogen and oxygen atoms in total. The predicted molar refractivity (Wildman–Crippen MR) is 158 cm³/mol. The summed E-state index contributed by atoms with van der Waals surface area (Å²) < 4.78 is 0. The van der Waals surface area contributed by atoms with Gasteiger partial charge in [0.05, 0.1) is 5.54 Å². The van der Waals surface area contributed by atoms with E-state index in [2.05, 4.69) is 5.32 Å². The number of carbonyl (C=O) groups is 2. The monoisotopic (exact) mass is 569 g/mol. The van der Waals surface area contributed by atoms with Crippen molar-refractivity contribution >= 4 is 47.9 Å². The lowest BCUT2D eigenvalue weighted by Crippen LogP contribution is -2.63. The molecule has 5 N–H and O–H groups in total. The highest BCUT2D eigenvalue weighted by Crippen LogP contribution is 2.57. The van der Waals surface area contributed by atoms with Gasteiger partial charge in [0, 0.05) is 38.4 Å². The molecule has 2 aromatic rings. The van der Waals surface area contributed by atoms with Crippen LogP contribution in [0.3, 0.4) is 0 Å². The van der Waals surface area contributed by atoms with Gasteiger partial charge in [-0.25, -0.2) is 0 Å². The van der Waals surface area contributed by atoms with Crippen molar-refractivity contribution in [2.24, 2.45) is 22.8 Å². The Morgan fingerprint density at radius 3 is 2.00 bits per heavy atom. The Morgan fingerprint density at radius 2 is 1.57 bits per heavy atom. The molecule has 0 bridgehead atoms. The molecular formula is C29H42Cl3N3O2. The van der Waals surface area contributed by atoms with Gasteiger partial charge in [0.2, 0.25) is 0 Å². The van der Waals surface area contributed by atoms with Crippen LogP contribution in [0, 0.1) is 11.3 Å². The zero-order valence-corrected chi connectivity index (χ0v) is 24.7. The van der Waals surface area contributed by atoms with Crippen LogP contribution in [0.5, 0.6) is 0 Å². The molecular weight excluding hydrogens is 529 g/mol. The van der Waals surface area contributed by atoms with Crippen LogP contribution in [0.15, 0.2) is 42.5 Å². The molecule has 0 radical (unpaired) electrons. The van der Waals surface area contributed by atoms with Crippen LogP contribution in [0.2, 0.25) is 15.1 Å². The minimum atomic E-state index is -0.899. The standard InChI is InChI=1S/C22H25Cl3N2O.C4H9N.C2H6.CH2O/c1-13(26)20-21(2,12-28)10-9-18(17-8-7-16(24)11-19(17)25)22(20,27)14-3-5-15(23)6-4-14;1-2-4-5-3-1;2*1-2/h3-8,11-13,18,20H,9-10,26-27H2,1-2H3;5H,1-4H2;1-2H3;1H2. The van der Waals surface area contributed by atoms with Crippen molar-refractivity contribution in [1.29, 1.82) is 0 Å². The first kappa shape index (κ1) is 33.6. The lowest BCUT2D eigenvalue weighted by Gasteiger charge is -2.56. The third-order valence-corrected chi connectivity index (χ3v) is 8.02. The number of benzene rings is 2.